The molecule has 7 heteroatoms. The van der Waals surface area contributed by atoms with Gasteiger partial charge in [-0.05, 0) is 36.8 Å². The summed E-state index contributed by atoms with van der Waals surface area (Å²) >= 11 is 0. The summed E-state index contributed by atoms with van der Waals surface area (Å²) in [5.41, 5.74) is 1.39. The molecule has 0 unspecified atom stereocenters. The number of hydrogen-bond acceptors (Lipinski definition) is 5. The van der Waals surface area contributed by atoms with Crippen molar-refractivity contribution in [3.63, 3.8) is 0 Å². The molecule has 1 aromatic carbocycles. The number of carbonyl (C=O) groups is 1. The second kappa shape index (κ2) is 7.64. The summed E-state index contributed by atoms with van der Waals surface area (Å²) in [7, 11) is 0. The zero-order chi connectivity index (χ0) is 19.5. The van der Waals surface area contributed by atoms with Gasteiger partial charge in [-0.2, -0.15) is 0 Å². The minimum absolute atomic E-state index is 0.146. The molecule has 0 fully saturated rings. The Labute approximate surface area is 160 Å². The van der Waals surface area contributed by atoms with E-state index in [1.54, 1.807) is 36.4 Å². The molecule has 0 atom stereocenters. The van der Waals surface area contributed by atoms with E-state index in [-0.39, 0.29) is 22.9 Å². The van der Waals surface area contributed by atoms with E-state index < -0.39 is 5.82 Å². The van der Waals surface area contributed by atoms with E-state index in [4.69, 9.17) is 8.94 Å². The summed E-state index contributed by atoms with van der Waals surface area (Å²) in [5.74, 6) is -0.257. The van der Waals surface area contributed by atoms with Gasteiger partial charge < -0.3 is 14.3 Å². The van der Waals surface area contributed by atoms with Gasteiger partial charge in [0.1, 0.15) is 17.2 Å². The van der Waals surface area contributed by atoms with Crippen LogP contribution in [0.25, 0.3) is 33.8 Å². The molecule has 0 spiro atoms. The number of amides is 1. The van der Waals surface area contributed by atoms with Crippen molar-refractivity contribution in [2.75, 3.05) is 6.54 Å². The first-order valence-corrected chi connectivity index (χ1v) is 9.06. The lowest BCUT2D eigenvalue weighted by atomic mass is 10.0. The standard InChI is InChI=1S/C21H18FN3O3/c1-2-3-10-23-20(26)14-12-16(17-9-6-11-27-17)24-21-18(14)19(25-28-21)13-7-4-5-8-15(13)22/h4-9,11-12H,2-3,10H2,1H3,(H,23,26). The smallest absolute Gasteiger partial charge is 0.259 e. The molecule has 3 heterocycles. The van der Waals surface area contributed by atoms with Gasteiger partial charge in [0.05, 0.1) is 17.2 Å². The predicted molar refractivity (Wildman–Crippen MR) is 102 cm³/mol. The Hall–Kier alpha value is -3.48. The number of unbranched alkanes of at least 4 members (excludes halogenated alkanes) is 1. The maximum Gasteiger partial charge on any atom is 0.259 e. The lowest BCUT2D eigenvalue weighted by Gasteiger charge is -2.08. The fourth-order valence-electron chi connectivity index (χ4n) is 2.99. The number of rotatable bonds is 6. The van der Waals surface area contributed by atoms with Crippen LogP contribution >= 0.6 is 0 Å². The van der Waals surface area contributed by atoms with Crippen molar-refractivity contribution in [1.82, 2.24) is 15.5 Å². The van der Waals surface area contributed by atoms with Crippen LogP contribution in [0, 0.1) is 5.82 Å². The normalized spacial score (nSPS) is 11.1. The van der Waals surface area contributed by atoms with Gasteiger partial charge in [0.15, 0.2) is 5.76 Å². The Bertz CT molecular complexity index is 1120. The maximum absolute atomic E-state index is 14.3. The summed E-state index contributed by atoms with van der Waals surface area (Å²) in [6.45, 7) is 2.58. The molecule has 0 aliphatic rings. The van der Waals surface area contributed by atoms with Crippen molar-refractivity contribution in [3.05, 3.63) is 60.1 Å². The highest BCUT2D eigenvalue weighted by Gasteiger charge is 2.23. The molecule has 28 heavy (non-hydrogen) atoms. The summed E-state index contributed by atoms with van der Waals surface area (Å²) < 4.78 is 25.1. The van der Waals surface area contributed by atoms with Gasteiger partial charge in [0.25, 0.3) is 11.6 Å². The van der Waals surface area contributed by atoms with Crippen molar-refractivity contribution in [2.24, 2.45) is 0 Å². The van der Waals surface area contributed by atoms with Crippen molar-refractivity contribution < 1.29 is 18.1 Å². The number of furan rings is 1. The number of carbonyl (C=O) groups excluding carboxylic acids is 1. The monoisotopic (exact) mass is 379 g/mol. The van der Waals surface area contributed by atoms with Crippen LogP contribution in [-0.2, 0) is 0 Å². The van der Waals surface area contributed by atoms with Gasteiger partial charge in [0.2, 0.25) is 0 Å². The Morgan fingerprint density at radius 1 is 1.21 bits per heavy atom. The fourth-order valence-corrected chi connectivity index (χ4v) is 2.99. The number of hydrogen-bond donors (Lipinski definition) is 1. The van der Waals surface area contributed by atoms with Crippen LogP contribution in [0.3, 0.4) is 0 Å². The molecule has 0 aliphatic carbocycles. The van der Waals surface area contributed by atoms with Crippen LogP contribution in [0.5, 0.6) is 0 Å². The van der Waals surface area contributed by atoms with Gasteiger partial charge >= 0.3 is 0 Å². The summed E-state index contributed by atoms with van der Waals surface area (Å²) in [5, 5.41) is 7.26. The molecule has 6 nitrogen and oxygen atoms in total. The molecular weight excluding hydrogens is 361 g/mol. The van der Waals surface area contributed by atoms with E-state index in [1.807, 2.05) is 6.92 Å². The van der Waals surface area contributed by atoms with Crippen molar-refractivity contribution >= 4 is 17.0 Å². The highest BCUT2D eigenvalue weighted by Crippen LogP contribution is 2.33. The Morgan fingerprint density at radius 3 is 2.82 bits per heavy atom. The lowest BCUT2D eigenvalue weighted by molar-refractivity contribution is 0.0954. The molecule has 0 saturated heterocycles. The summed E-state index contributed by atoms with van der Waals surface area (Å²) in [4.78, 5) is 17.3. The van der Waals surface area contributed by atoms with E-state index >= 15 is 0 Å². The maximum atomic E-state index is 14.3. The molecule has 4 rings (SSSR count). The van der Waals surface area contributed by atoms with Crippen molar-refractivity contribution in [1.29, 1.82) is 0 Å². The number of aromatic nitrogens is 2. The number of pyridine rings is 1. The van der Waals surface area contributed by atoms with Crippen molar-refractivity contribution in [3.8, 4) is 22.7 Å². The third-order valence-corrected chi connectivity index (χ3v) is 4.41. The average Bonchev–Trinajstić information content (AvgIpc) is 3.38. The summed E-state index contributed by atoms with van der Waals surface area (Å²) in [6.07, 6.45) is 3.33. The van der Waals surface area contributed by atoms with Crippen LogP contribution in [0.15, 0.2) is 57.7 Å². The van der Waals surface area contributed by atoms with E-state index in [0.717, 1.165) is 12.8 Å². The van der Waals surface area contributed by atoms with Crippen LogP contribution < -0.4 is 5.32 Å². The topological polar surface area (TPSA) is 81.2 Å². The first-order valence-electron chi connectivity index (χ1n) is 9.06. The fraction of sp³-hybridized carbons (Fsp3) is 0.190. The van der Waals surface area contributed by atoms with Crippen LogP contribution in [0.4, 0.5) is 4.39 Å². The number of nitrogens with one attached hydrogen (secondary N) is 1. The minimum Gasteiger partial charge on any atom is -0.463 e. The molecule has 1 amide bonds. The molecular formula is C21H18FN3O3. The molecule has 0 saturated carbocycles. The van der Waals surface area contributed by atoms with Crippen LogP contribution in [0.2, 0.25) is 0 Å². The SMILES string of the molecule is CCCCNC(=O)c1cc(-c2ccco2)nc2onc(-c3ccccc3F)c12. The second-order valence-electron chi connectivity index (χ2n) is 6.33. The third kappa shape index (κ3) is 3.26. The van der Waals surface area contributed by atoms with Crippen LogP contribution in [-0.4, -0.2) is 22.6 Å². The Balaban J connectivity index is 1.90. The van der Waals surface area contributed by atoms with Crippen LogP contribution in [0.1, 0.15) is 30.1 Å². The second-order valence-corrected chi connectivity index (χ2v) is 6.33. The number of halogens is 1. The molecule has 4 aromatic rings. The molecule has 1 N–H and O–H groups in total. The first-order chi connectivity index (χ1) is 13.7. The van der Waals surface area contributed by atoms with Gasteiger partial charge in [-0.3, -0.25) is 4.79 Å². The molecule has 0 aliphatic heterocycles. The quantitative estimate of drug-likeness (QED) is 0.486. The van der Waals surface area contributed by atoms with Gasteiger partial charge in [0, 0.05) is 12.1 Å². The molecule has 0 bridgehead atoms. The molecule has 3 aromatic heterocycles. The van der Waals surface area contributed by atoms with E-state index in [0.29, 0.717) is 28.9 Å². The van der Waals surface area contributed by atoms with E-state index in [2.05, 4.69) is 15.5 Å². The Kier molecular flexibility index (Phi) is 4.89. The molecule has 142 valence electrons. The zero-order valence-corrected chi connectivity index (χ0v) is 15.2. The predicted octanol–water partition coefficient (Wildman–Crippen LogP) is 4.82. The van der Waals surface area contributed by atoms with Crippen molar-refractivity contribution in [2.45, 2.75) is 19.8 Å². The van der Waals surface area contributed by atoms with Gasteiger partial charge in [-0.25, -0.2) is 9.37 Å². The highest BCUT2D eigenvalue weighted by molar-refractivity contribution is 6.10. The summed E-state index contributed by atoms with van der Waals surface area (Å²) in [6, 6.07) is 11.3. The third-order valence-electron chi connectivity index (χ3n) is 4.41. The average molecular weight is 379 g/mol. The highest BCUT2D eigenvalue weighted by atomic mass is 19.1. The van der Waals surface area contributed by atoms with E-state index in [1.165, 1.54) is 12.3 Å². The first kappa shape index (κ1) is 17.9. The minimum atomic E-state index is -0.454. The number of benzene rings is 1. The lowest BCUT2D eigenvalue weighted by Crippen LogP contribution is -2.24. The number of fused-ring (bicyclic) bond motifs is 1. The largest absolute Gasteiger partial charge is 0.463 e. The Morgan fingerprint density at radius 2 is 2.07 bits per heavy atom. The zero-order valence-electron chi connectivity index (χ0n) is 15.2. The number of nitrogens with zero attached hydrogens (tertiary/aromatic N) is 2. The van der Waals surface area contributed by atoms with Gasteiger partial charge in [-0.1, -0.05) is 30.6 Å². The van der Waals surface area contributed by atoms with Gasteiger partial charge in [-0.15, -0.1) is 0 Å². The van der Waals surface area contributed by atoms with E-state index in [9.17, 15) is 9.18 Å². The molecule has 0 radical (unpaired) electrons.